The predicted octanol–water partition coefficient (Wildman–Crippen LogP) is 3.16. The second-order valence-corrected chi connectivity index (χ2v) is 5.91. The van der Waals surface area contributed by atoms with Gasteiger partial charge < -0.3 is 13.9 Å². The standard InChI is InChI=1S/C20H13NO6/c1-10(22)26-17-8-12-13(7-15(17)20(24)25-2)16(23)9-18-14(12)6-11-4-3-5-21-19(11)27-18/h3-9H,1-2H3. The van der Waals surface area contributed by atoms with Crippen molar-refractivity contribution >= 4 is 33.8 Å². The number of carbonyl (C=O) groups excluding carboxylic acids is 2. The van der Waals surface area contributed by atoms with Crippen LogP contribution in [-0.2, 0) is 9.53 Å². The highest BCUT2D eigenvalue weighted by Gasteiger charge is 2.21. The number of esters is 2. The first-order valence-electron chi connectivity index (χ1n) is 8.04. The molecule has 2 aromatic rings. The molecular formula is C20H13NO6. The van der Waals surface area contributed by atoms with Crippen LogP contribution in [-0.4, -0.2) is 24.0 Å². The lowest BCUT2D eigenvalue weighted by Crippen LogP contribution is -2.11. The molecule has 1 aliphatic heterocycles. The van der Waals surface area contributed by atoms with Gasteiger partial charge in [0.15, 0.2) is 5.43 Å². The van der Waals surface area contributed by atoms with Crippen molar-refractivity contribution in [2.45, 2.75) is 6.92 Å². The molecule has 0 radical (unpaired) electrons. The summed E-state index contributed by atoms with van der Waals surface area (Å²) in [6.07, 6.45) is 1.60. The van der Waals surface area contributed by atoms with Crippen molar-refractivity contribution in [3.63, 3.8) is 0 Å². The lowest BCUT2D eigenvalue weighted by Gasteiger charge is -2.13. The number of pyridine rings is 1. The normalized spacial score (nSPS) is 11.0. The van der Waals surface area contributed by atoms with Crippen molar-refractivity contribution in [2.24, 2.45) is 0 Å². The Morgan fingerprint density at radius 3 is 2.67 bits per heavy atom. The highest BCUT2D eigenvalue weighted by Crippen LogP contribution is 2.35. The molecule has 0 amide bonds. The van der Waals surface area contributed by atoms with Crippen LogP contribution in [0.2, 0.25) is 0 Å². The molecule has 134 valence electrons. The smallest absolute Gasteiger partial charge is 0.341 e. The van der Waals surface area contributed by atoms with Gasteiger partial charge in [0.25, 0.3) is 0 Å². The van der Waals surface area contributed by atoms with Crippen LogP contribution in [0.1, 0.15) is 17.3 Å². The summed E-state index contributed by atoms with van der Waals surface area (Å²) in [5.41, 5.74) is 0.692. The predicted molar refractivity (Wildman–Crippen MR) is 97.1 cm³/mol. The maximum Gasteiger partial charge on any atom is 0.341 e. The van der Waals surface area contributed by atoms with Gasteiger partial charge in [0.2, 0.25) is 5.71 Å². The molecule has 4 rings (SSSR count). The topological polar surface area (TPSA) is 95.7 Å². The molecule has 0 spiro atoms. The lowest BCUT2D eigenvalue weighted by atomic mass is 9.97. The van der Waals surface area contributed by atoms with Gasteiger partial charge in [-0.15, -0.1) is 0 Å². The zero-order valence-corrected chi connectivity index (χ0v) is 14.4. The van der Waals surface area contributed by atoms with Crippen LogP contribution in [0.3, 0.4) is 0 Å². The van der Waals surface area contributed by atoms with Gasteiger partial charge in [-0.05, 0) is 30.3 Å². The SMILES string of the molecule is COC(=O)c1cc2c(=O)cc3oc4ncccc4cc-3c2cc1OC(C)=O. The molecular weight excluding hydrogens is 350 g/mol. The summed E-state index contributed by atoms with van der Waals surface area (Å²) in [4.78, 5) is 40.3. The summed E-state index contributed by atoms with van der Waals surface area (Å²) in [6.45, 7) is 1.22. The number of aromatic nitrogens is 1. The Kier molecular flexibility index (Phi) is 3.84. The number of hydrogen-bond acceptors (Lipinski definition) is 7. The lowest BCUT2D eigenvalue weighted by molar-refractivity contribution is -0.131. The fraction of sp³-hybridized carbons (Fsp3) is 0.100. The van der Waals surface area contributed by atoms with Gasteiger partial charge in [0.1, 0.15) is 17.1 Å². The molecule has 1 aromatic carbocycles. The first-order valence-corrected chi connectivity index (χ1v) is 8.04. The monoisotopic (exact) mass is 363 g/mol. The minimum absolute atomic E-state index is 0.00366. The maximum atomic E-state index is 12.6. The van der Waals surface area contributed by atoms with E-state index >= 15 is 0 Å². The Labute approximate surface area is 152 Å². The molecule has 0 N–H and O–H groups in total. The van der Waals surface area contributed by atoms with Crippen LogP contribution in [0.5, 0.6) is 5.75 Å². The van der Waals surface area contributed by atoms with Gasteiger partial charge in [-0.25, -0.2) is 9.78 Å². The quantitative estimate of drug-likeness (QED) is 0.234. The van der Waals surface area contributed by atoms with Crippen molar-refractivity contribution in [1.82, 2.24) is 4.98 Å². The van der Waals surface area contributed by atoms with E-state index in [0.717, 1.165) is 5.39 Å². The zero-order valence-electron chi connectivity index (χ0n) is 14.4. The third-order valence-corrected chi connectivity index (χ3v) is 4.17. The van der Waals surface area contributed by atoms with Crippen molar-refractivity contribution in [3.05, 3.63) is 58.4 Å². The van der Waals surface area contributed by atoms with Gasteiger partial charge >= 0.3 is 11.9 Å². The van der Waals surface area contributed by atoms with Gasteiger partial charge in [-0.1, -0.05) is 0 Å². The molecule has 7 nitrogen and oxygen atoms in total. The molecule has 2 heterocycles. The molecule has 7 heteroatoms. The van der Waals surface area contributed by atoms with Crippen LogP contribution in [0.25, 0.3) is 33.2 Å². The molecule has 0 unspecified atom stereocenters. The minimum atomic E-state index is -0.708. The fourth-order valence-electron chi connectivity index (χ4n) is 3.01. The molecule has 0 saturated carbocycles. The van der Waals surface area contributed by atoms with Gasteiger partial charge in [0, 0.05) is 40.9 Å². The number of nitrogens with zero attached hydrogens (tertiary/aromatic N) is 1. The summed E-state index contributed by atoms with van der Waals surface area (Å²) in [6, 6.07) is 9.63. The molecule has 27 heavy (non-hydrogen) atoms. The number of rotatable bonds is 2. The van der Waals surface area contributed by atoms with E-state index < -0.39 is 11.9 Å². The summed E-state index contributed by atoms with van der Waals surface area (Å²) in [7, 11) is 1.21. The van der Waals surface area contributed by atoms with E-state index in [2.05, 4.69) is 4.98 Å². The largest absolute Gasteiger partial charge is 0.465 e. The van der Waals surface area contributed by atoms with Gasteiger partial charge in [-0.3, -0.25) is 9.59 Å². The highest BCUT2D eigenvalue weighted by molar-refractivity contribution is 6.05. The van der Waals surface area contributed by atoms with E-state index in [9.17, 15) is 14.4 Å². The average molecular weight is 363 g/mol. The van der Waals surface area contributed by atoms with E-state index in [1.807, 2.05) is 12.1 Å². The van der Waals surface area contributed by atoms with Crippen LogP contribution in [0.15, 0.2) is 51.8 Å². The summed E-state index contributed by atoms with van der Waals surface area (Å²) >= 11 is 0. The molecule has 2 aliphatic rings. The first-order chi connectivity index (χ1) is 13.0. The number of carbonyl (C=O) groups is 2. The van der Waals surface area contributed by atoms with Crippen molar-refractivity contribution in [1.29, 1.82) is 0 Å². The van der Waals surface area contributed by atoms with E-state index in [-0.39, 0.29) is 22.1 Å². The molecule has 0 saturated heterocycles. The molecule has 0 atom stereocenters. The Morgan fingerprint density at radius 1 is 1.11 bits per heavy atom. The van der Waals surface area contributed by atoms with Crippen LogP contribution in [0.4, 0.5) is 0 Å². The summed E-state index contributed by atoms with van der Waals surface area (Å²) < 4.78 is 15.6. The number of ether oxygens (including phenoxy) is 2. The zero-order chi connectivity index (χ0) is 19.1. The fourth-order valence-corrected chi connectivity index (χ4v) is 3.01. The van der Waals surface area contributed by atoms with Gasteiger partial charge in [-0.2, -0.15) is 0 Å². The van der Waals surface area contributed by atoms with Crippen LogP contribution >= 0.6 is 0 Å². The molecule has 0 fully saturated rings. The Balaban J connectivity index is 2.12. The van der Waals surface area contributed by atoms with Crippen molar-refractivity contribution < 1.29 is 23.5 Å². The van der Waals surface area contributed by atoms with Crippen molar-refractivity contribution in [3.8, 4) is 17.1 Å². The summed E-state index contributed by atoms with van der Waals surface area (Å²) in [5, 5.41) is 1.53. The number of methoxy groups -OCH3 is 1. The summed E-state index contributed by atoms with van der Waals surface area (Å²) in [5.74, 6) is -0.945. The first kappa shape index (κ1) is 16.7. The number of benzene rings is 2. The van der Waals surface area contributed by atoms with Crippen molar-refractivity contribution in [2.75, 3.05) is 7.11 Å². The molecule has 1 aromatic heterocycles. The third kappa shape index (κ3) is 2.79. The van der Waals surface area contributed by atoms with E-state index in [1.54, 1.807) is 12.3 Å². The van der Waals surface area contributed by atoms with E-state index in [1.165, 1.54) is 32.2 Å². The maximum absolute atomic E-state index is 12.6. The van der Waals surface area contributed by atoms with Crippen LogP contribution < -0.4 is 10.2 Å². The van der Waals surface area contributed by atoms with Crippen LogP contribution in [0, 0.1) is 0 Å². The second-order valence-electron chi connectivity index (χ2n) is 5.91. The average Bonchev–Trinajstić information content (AvgIpc) is 2.65. The Bertz CT molecular complexity index is 1260. The number of hydrogen-bond donors (Lipinski definition) is 0. The molecule has 0 bridgehead atoms. The highest BCUT2D eigenvalue weighted by atomic mass is 16.5. The second kappa shape index (κ2) is 6.21. The number of fused-ring (bicyclic) bond motifs is 4. The minimum Gasteiger partial charge on any atom is -0.465 e. The van der Waals surface area contributed by atoms with E-state index in [4.69, 9.17) is 13.9 Å². The van der Waals surface area contributed by atoms with Gasteiger partial charge in [0.05, 0.1) is 7.11 Å². The van der Waals surface area contributed by atoms with E-state index in [0.29, 0.717) is 22.4 Å². The Hall–Kier alpha value is -3.74. The molecule has 1 aliphatic carbocycles. The Morgan fingerprint density at radius 2 is 1.93 bits per heavy atom. The third-order valence-electron chi connectivity index (χ3n) is 4.17.